The second kappa shape index (κ2) is 6.31. The minimum atomic E-state index is -0.386. The first-order valence-electron chi connectivity index (χ1n) is 8.89. The van der Waals surface area contributed by atoms with E-state index in [9.17, 15) is 4.39 Å². The molecular formula is C18H28FN5. The lowest BCUT2D eigenvalue weighted by molar-refractivity contribution is 0.327. The second-order valence-corrected chi connectivity index (χ2v) is 7.70. The molecule has 0 spiro atoms. The molecule has 3 atom stereocenters. The van der Waals surface area contributed by atoms with Crippen molar-refractivity contribution in [2.24, 2.45) is 11.7 Å². The minimum Gasteiger partial charge on any atom is -0.367 e. The second-order valence-electron chi connectivity index (χ2n) is 7.70. The largest absolute Gasteiger partial charge is 0.367 e. The van der Waals surface area contributed by atoms with Crippen molar-refractivity contribution in [1.29, 1.82) is 0 Å². The quantitative estimate of drug-likeness (QED) is 0.879. The summed E-state index contributed by atoms with van der Waals surface area (Å²) in [5, 5.41) is 7.66. The van der Waals surface area contributed by atoms with E-state index in [0.29, 0.717) is 12.0 Å². The van der Waals surface area contributed by atoms with E-state index in [-0.39, 0.29) is 22.9 Å². The highest BCUT2D eigenvalue weighted by molar-refractivity contribution is 5.51. The van der Waals surface area contributed by atoms with Crippen molar-refractivity contribution in [1.82, 2.24) is 14.6 Å². The molecule has 1 aliphatic rings. The molecule has 5 nitrogen and oxygen atoms in total. The van der Waals surface area contributed by atoms with Crippen LogP contribution in [0.15, 0.2) is 12.3 Å². The van der Waals surface area contributed by atoms with Crippen LogP contribution in [0.1, 0.15) is 59.1 Å². The Morgan fingerprint density at radius 2 is 2.21 bits per heavy atom. The van der Waals surface area contributed by atoms with Crippen molar-refractivity contribution in [3.05, 3.63) is 23.8 Å². The van der Waals surface area contributed by atoms with Crippen LogP contribution in [0.25, 0.3) is 5.65 Å². The average Bonchev–Trinajstić information content (AvgIpc) is 3.13. The fraction of sp³-hybridized carbons (Fsp3) is 0.667. The summed E-state index contributed by atoms with van der Waals surface area (Å²) in [6, 6.07) is 2.57. The highest BCUT2D eigenvalue weighted by Gasteiger charge is 2.30. The normalized spacial score (nSPS) is 22.9. The molecule has 24 heavy (non-hydrogen) atoms. The van der Waals surface area contributed by atoms with E-state index in [1.165, 1.54) is 6.20 Å². The molecule has 0 radical (unpaired) electrons. The third-order valence-corrected chi connectivity index (χ3v) is 5.76. The fourth-order valence-corrected chi connectivity index (χ4v) is 3.49. The van der Waals surface area contributed by atoms with Crippen molar-refractivity contribution < 1.29 is 4.39 Å². The molecule has 0 aliphatic heterocycles. The van der Waals surface area contributed by atoms with Gasteiger partial charge < -0.3 is 11.1 Å². The van der Waals surface area contributed by atoms with Gasteiger partial charge in [0.1, 0.15) is 5.82 Å². The lowest BCUT2D eigenvalue weighted by Crippen LogP contribution is -2.29. The average molecular weight is 333 g/mol. The monoisotopic (exact) mass is 333 g/mol. The molecule has 3 rings (SSSR count). The van der Waals surface area contributed by atoms with Gasteiger partial charge in [0, 0.05) is 23.6 Å². The molecule has 1 unspecified atom stereocenters. The minimum absolute atomic E-state index is 0.143. The topological polar surface area (TPSA) is 68.2 Å². The SMILES string of the molecule is CCC(C)C(C)(C)c1cc(N[C@H]2CC[C@H](N)C2)n2ncc(F)c2n1. The Balaban J connectivity index is 2.03. The number of anilines is 1. The number of rotatable bonds is 5. The van der Waals surface area contributed by atoms with E-state index >= 15 is 0 Å². The van der Waals surface area contributed by atoms with E-state index in [2.05, 4.69) is 43.1 Å². The van der Waals surface area contributed by atoms with Gasteiger partial charge in [0.25, 0.3) is 0 Å². The molecule has 6 heteroatoms. The van der Waals surface area contributed by atoms with Crippen LogP contribution in [-0.4, -0.2) is 26.7 Å². The molecule has 0 saturated heterocycles. The van der Waals surface area contributed by atoms with E-state index in [4.69, 9.17) is 5.73 Å². The first-order chi connectivity index (χ1) is 11.3. The Morgan fingerprint density at radius 3 is 2.83 bits per heavy atom. The van der Waals surface area contributed by atoms with Gasteiger partial charge in [-0.15, -0.1) is 0 Å². The first kappa shape index (κ1) is 17.1. The molecule has 0 amide bonds. The van der Waals surface area contributed by atoms with Gasteiger partial charge in [-0.25, -0.2) is 9.37 Å². The van der Waals surface area contributed by atoms with Gasteiger partial charge in [-0.1, -0.05) is 34.1 Å². The van der Waals surface area contributed by atoms with Crippen molar-refractivity contribution >= 4 is 11.5 Å². The van der Waals surface area contributed by atoms with E-state index in [1.54, 1.807) is 4.52 Å². The summed E-state index contributed by atoms with van der Waals surface area (Å²) in [5.41, 5.74) is 7.06. The van der Waals surface area contributed by atoms with Gasteiger partial charge in [-0.3, -0.25) is 0 Å². The number of nitrogens with one attached hydrogen (secondary N) is 1. The van der Waals surface area contributed by atoms with Crippen LogP contribution < -0.4 is 11.1 Å². The Bertz CT molecular complexity index is 724. The van der Waals surface area contributed by atoms with Crippen LogP contribution >= 0.6 is 0 Å². The summed E-state index contributed by atoms with van der Waals surface area (Å²) in [7, 11) is 0. The van der Waals surface area contributed by atoms with Crippen LogP contribution in [-0.2, 0) is 5.41 Å². The maximum absolute atomic E-state index is 14.2. The van der Waals surface area contributed by atoms with Crippen LogP contribution in [0, 0.1) is 11.7 Å². The molecule has 1 saturated carbocycles. The highest BCUT2D eigenvalue weighted by Crippen LogP contribution is 2.34. The first-order valence-corrected chi connectivity index (χ1v) is 8.89. The molecule has 132 valence electrons. The van der Waals surface area contributed by atoms with Gasteiger partial charge in [0.15, 0.2) is 11.5 Å². The summed E-state index contributed by atoms with van der Waals surface area (Å²) in [6.07, 6.45) is 5.25. The predicted molar refractivity (Wildman–Crippen MR) is 94.7 cm³/mol. The van der Waals surface area contributed by atoms with Crippen LogP contribution in [0.2, 0.25) is 0 Å². The van der Waals surface area contributed by atoms with E-state index < -0.39 is 0 Å². The zero-order valence-corrected chi connectivity index (χ0v) is 15.0. The number of fused-ring (bicyclic) bond motifs is 1. The highest BCUT2D eigenvalue weighted by atomic mass is 19.1. The third kappa shape index (κ3) is 2.99. The van der Waals surface area contributed by atoms with Crippen molar-refractivity contribution in [3.63, 3.8) is 0 Å². The Morgan fingerprint density at radius 1 is 1.46 bits per heavy atom. The molecular weight excluding hydrogens is 305 g/mol. The molecule has 1 fully saturated rings. The summed E-state index contributed by atoms with van der Waals surface area (Å²) in [6.45, 7) is 8.72. The number of nitrogens with two attached hydrogens (primary N) is 1. The zero-order valence-electron chi connectivity index (χ0n) is 15.0. The number of aromatic nitrogens is 3. The maximum Gasteiger partial charge on any atom is 0.193 e. The molecule has 2 aromatic rings. The number of hydrogen-bond acceptors (Lipinski definition) is 4. The number of hydrogen-bond donors (Lipinski definition) is 2. The summed E-state index contributed by atoms with van der Waals surface area (Å²) < 4.78 is 15.7. The number of nitrogens with zero attached hydrogens (tertiary/aromatic N) is 3. The molecule has 3 N–H and O–H groups in total. The number of halogens is 1. The molecule has 2 aromatic heterocycles. The molecule has 0 bridgehead atoms. The summed E-state index contributed by atoms with van der Waals surface area (Å²) in [5.74, 6) is 0.850. The van der Waals surface area contributed by atoms with Crippen molar-refractivity contribution in [2.75, 3.05) is 5.32 Å². The van der Waals surface area contributed by atoms with Gasteiger partial charge in [0.2, 0.25) is 0 Å². The smallest absolute Gasteiger partial charge is 0.193 e. The molecule has 0 aromatic carbocycles. The van der Waals surface area contributed by atoms with Gasteiger partial charge in [0.05, 0.1) is 11.9 Å². The van der Waals surface area contributed by atoms with E-state index in [0.717, 1.165) is 37.2 Å². The van der Waals surface area contributed by atoms with Crippen molar-refractivity contribution in [3.8, 4) is 0 Å². The van der Waals surface area contributed by atoms with Gasteiger partial charge in [-0.05, 0) is 25.2 Å². The third-order valence-electron chi connectivity index (χ3n) is 5.76. The zero-order chi connectivity index (χ0) is 17.5. The lowest BCUT2D eigenvalue weighted by Gasteiger charge is -2.31. The predicted octanol–water partition coefficient (Wildman–Crippen LogP) is 3.48. The molecule has 1 aliphatic carbocycles. The Hall–Kier alpha value is -1.69. The van der Waals surface area contributed by atoms with Crippen LogP contribution in [0.3, 0.4) is 0 Å². The summed E-state index contributed by atoms with van der Waals surface area (Å²) >= 11 is 0. The van der Waals surface area contributed by atoms with Crippen LogP contribution in [0.5, 0.6) is 0 Å². The summed E-state index contributed by atoms with van der Waals surface area (Å²) in [4.78, 5) is 4.59. The fourth-order valence-electron chi connectivity index (χ4n) is 3.49. The van der Waals surface area contributed by atoms with Crippen molar-refractivity contribution in [2.45, 2.75) is 70.9 Å². The van der Waals surface area contributed by atoms with Crippen LogP contribution in [0.4, 0.5) is 10.2 Å². The Kier molecular flexibility index (Phi) is 4.51. The molecule has 2 heterocycles. The maximum atomic E-state index is 14.2. The lowest BCUT2D eigenvalue weighted by atomic mass is 9.76. The standard InChI is InChI=1S/C18H28FN5/c1-5-11(2)18(3,4)15-9-16(22-13-7-6-12(20)8-13)24-17(23-15)14(19)10-21-24/h9-13,22H,5-8,20H2,1-4H3/t11?,12-,13-/m0/s1. The van der Waals surface area contributed by atoms with Gasteiger partial charge in [-0.2, -0.15) is 9.61 Å². The van der Waals surface area contributed by atoms with E-state index in [1.807, 2.05) is 6.07 Å². The Labute approximate surface area is 142 Å². The van der Waals surface area contributed by atoms with Gasteiger partial charge >= 0.3 is 0 Å².